The normalized spacial score (nSPS) is 15.1. The largest absolute Gasteiger partial charge is 0.461 e. The van der Waals surface area contributed by atoms with Crippen molar-refractivity contribution in [3.05, 3.63) is 35.9 Å². The average Bonchev–Trinajstić information content (AvgIpc) is 3.46. The fourth-order valence-corrected chi connectivity index (χ4v) is 5.43. The lowest BCUT2D eigenvalue weighted by atomic mass is 10.0. The van der Waals surface area contributed by atoms with Gasteiger partial charge in [-0.3, -0.25) is 19.2 Å². The molecule has 3 N–H and O–H groups in total. The third-order valence-corrected chi connectivity index (χ3v) is 8.15. The van der Waals surface area contributed by atoms with E-state index >= 15 is 0 Å². The van der Waals surface area contributed by atoms with Gasteiger partial charge < -0.3 is 20.7 Å². The highest BCUT2D eigenvalue weighted by Crippen LogP contribution is 2.14. The van der Waals surface area contributed by atoms with Crippen molar-refractivity contribution in [2.75, 3.05) is 6.54 Å². The van der Waals surface area contributed by atoms with E-state index in [9.17, 15) is 19.2 Å². The number of rotatable bonds is 25. The molecule has 0 spiro atoms. The minimum absolute atomic E-state index is 0.00126. The number of hydrogen-bond acceptors (Lipinski definition) is 5. The number of hydrogen-bond donors (Lipinski definition) is 3. The van der Waals surface area contributed by atoms with Crippen LogP contribution in [-0.4, -0.2) is 42.3 Å². The fraction of sp³-hybridized carbons (Fsp3) is 0.714. The lowest BCUT2D eigenvalue weighted by Crippen LogP contribution is -2.52. The van der Waals surface area contributed by atoms with Crippen molar-refractivity contribution in [3.8, 4) is 0 Å². The number of ether oxygens (including phenoxy) is 1. The molecule has 2 atom stereocenters. The molecule has 1 aliphatic rings. The van der Waals surface area contributed by atoms with Crippen molar-refractivity contribution in [1.29, 1.82) is 0 Å². The molecule has 0 aromatic heterocycles. The van der Waals surface area contributed by atoms with Crippen LogP contribution in [0, 0.1) is 0 Å². The highest BCUT2D eigenvalue weighted by atomic mass is 16.5. The summed E-state index contributed by atoms with van der Waals surface area (Å²) < 4.78 is 5.33. The molecule has 8 nitrogen and oxygen atoms in total. The maximum absolute atomic E-state index is 12.9. The number of benzene rings is 1. The highest BCUT2D eigenvalue weighted by Gasteiger charge is 2.30. The molecule has 0 radical (unpaired) electrons. The first-order valence-electron chi connectivity index (χ1n) is 17.1. The van der Waals surface area contributed by atoms with Gasteiger partial charge in [0, 0.05) is 19.4 Å². The molecule has 0 aliphatic carbocycles. The number of carbonyl (C=O) groups is 4. The first-order chi connectivity index (χ1) is 21.0. The summed E-state index contributed by atoms with van der Waals surface area (Å²) in [6, 6.07) is 7.88. The Labute approximate surface area is 259 Å². The van der Waals surface area contributed by atoms with Gasteiger partial charge in [0.25, 0.3) is 0 Å². The monoisotopic (exact) mass is 599 g/mol. The van der Waals surface area contributed by atoms with Gasteiger partial charge >= 0.3 is 5.97 Å². The van der Waals surface area contributed by atoms with Crippen molar-refractivity contribution in [3.63, 3.8) is 0 Å². The molecule has 1 aliphatic heterocycles. The van der Waals surface area contributed by atoms with Crippen LogP contribution in [0.15, 0.2) is 30.3 Å². The summed E-state index contributed by atoms with van der Waals surface area (Å²) in [6.07, 6.45) is 21.5. The molecule has 242 valence electrons. The maximum Gasteiger partial charge on any atom is 0.306 e. The fourth-order valence-electron chi connectivity index (χ4n) is 5.43. The smallest absolute Gasteiger partial charge is 0.306 e. The first-order valence-corrected chi connectivity index (χ1v) is 17.1. The van der Waals surface area contributed by atoms with Crippen molar-refractivity contribution >= 4 is 23.7 Å². The summed E-state index contributed by atoms with van der Waals surface area (Å²) in [5.41, 5.74) is 0.884. The van der Waals surface area contributed by atoms with E-state index in [0.717, 1.165) is 24.8 Å². The summed E-state index contributed by atoms with van der Waals surface area (Å²) in [5.74, 6) is -1.31. The summed E-state index contributed by atoms with van der Waals surface area (Å²) in [5, 5.41) is 8.30. The molecule has 1 heterocycles. The molecule has 43 heavy (non-hydrogen) atoms. The lowest BCUT2D eigenvalue weighted by molar-refractivity contribution is -0.145. The van der Waals surface area contributed by atoms with E-state index in [0.29, 0.717) is 19.4 Å². The van der Waals surface area contributed by atoms with Gasteiger partial charge in [0.1, 0.15) is 18.7 Å². The molecule has 1 fully saturated rings. The Balaban J connectivity index is 1.57. The molecule has 1 aromatic carbocycles. The lowest BCUT2D eigenvalue weighted by Gasteiger charge is -2.20. The van der Waals surface area contributed by atoms with Crippen LogP contribution in [0.3, 0.4) is 0 Å². The van der Waals surface area contributed by atoms with E-state index < -0.39 is 24.0 Å². The van der Waals surface area contributed by atoms with Crippen LogP contribution in [-0.2, 0) is 30.5 Å². The highest BCUT2D eigenvalue weighted by molar-refractivity contribution is 5.94. The van der Waals surface area contributed by atoms with Crippen LogP contribution in [0.5, 0.6) is 0 Å². The molecule has 0 saturated carbocycles. The van der Waals surface area contributed by atoms with E-state index in [1.165, 1.54) is 83.5 Å². The number of esters is 1. The van der Waals surface area contributed by atoms with E-state index in [-0.39, 0.29) is 31.3 Å². The van der Waals surface area contributed by atoms with Gasteiger partial charge in [-0.05, 0) is 24.8 Å². The van der Waals surface area contributed by atoms with E-state index in [4.69, 9.17) is 4.74 Å². The van der Waals surface area contributed by atoms with E-state index in [1.54, 1.807) is 0 Å². The van der Waals surface area contributed by atoms with E-state index in [2.05, 4.69) is 22.9 Å². The minimum Gasteiger partial charge on any atom is -0.461 e. The number of amides is 3. The molecule has 2 unspecified atom stereocenters. The first kappa shape index (κ1) is 36.3. The molecule has 1 aromatic rings. The van der Waals surface area contributed by atoms with Gasteiger partial charge in [-0.15, -0.1) is 0 Å². The minimum atomic E-state index is -0.865. The van der Waals surface area contributed by atoms with Crippen LogP contribution < -0.4 is 16.0 Å². The molecular formula is C35H57N3O5. The van der Waals surface area contributed by atoms with Gasteiger partial charge in [0.05, 0.1) is 0 Å². The zero-order chi connectivity index (χ0) is 31.0. The SMILES string of the molecule is CCCCCCCCCCCCCCCCCCNC(=O)C(CCC(=O)OCc1ccccc1)NC(=O)C1CCC(=O)N1. The van der Waals surface area contributed by atoms with Crippen LogP contribution in [0.1, 0.15) is 141 Å². The summed E-state index contributed by atoms with van der Waals surface area (Å²) in [6.45, 7) is 2.96. The van der Waals surface area contributed by atoms with Gasteiger partial charge in [0.15, 0.2) is 0 Å². The van der Waals surface area contributed by atoms with Crippen molar-refractivity contribution in [1.82, 2.24) is 16.0 Å². The van der Waals surface area contributed by atoms with E-state index in [1.807, 2.05) is 30.3 Å². The van der Waals surface area contributed by atoms with Crippen LogP contribution >= 0.6 is 0 Å². The second-order valence-corrected chi connectivity index (χ2v) is 12.0. The topological polar surface area (TPSA) is 114 Å². The van der Waals surface area contributed by atoms with Crippen LogP contribution in [0.25, 0.3) is 0 Å². The Morgan fingerprint density at radius 2 is 1.40 bits per heavy atom. The predicted octanol–water partition coefficient (Wildman–Crippen LogP) is 6.65. The quantitative estimate of drug-likeness (QED) is 0.0860. The number of unbranched alkanes of at least 4 members (excludes halogenated alkanes) is 15. The third kappa shape index (κ3) is 17.7. The Bertz CT molecular complexity index is 923. The zero-order valence-corrected chi connectivity index (χ0v) is 26.6. The molecule has 2 rings (SSSR count). The second kappa shape index (κ2) is 23.5. The summed E-state index contributed by atoms with van der Waals surface area (Å²) in [4.78, 5) is 49.5. The van der Waals surface area contributed by atoms with Gasteiger partial charge in [-0.25, -0.2) is 0 Å². The molecule has 1 saturated heterocycles. The molecule has 8 heteroatoms. The Morgan fingerprint density at radius 1 is 0.837 bits per heavy atom. The second-order valence-electron chi connectivity index (χ2n) is 12.0. The van der Waals surface area contributed by atoms with Crippen molar-refractivity contribution in [2.24, 2.45) is 0 Å². The molecule has 3 amide bonds. The van der Waals surface area contributed by atoms with Crippen molar-refractivity contribution < 1.29 is 23.9 Å². The zero-order valence-electron chi connectivity index (χ0n) is 26.6. The van der Waals surface area contributed by atoms with Crippen LogP contribution in [0.4, 0.5) is 0 Å². The number of carbonyl (C=O) groups excluding carboxylic acids is 4. The Hall–Kier alpha value is -2.90. The van der Waals surface area contributed by atoms with Gasteiger partial charge in [-0.1, -0.05) is 134 Å². The van der Waals surface area contributed by atoms with Crippen LogP contribution in [0.2, 0.25) is 0 Å². The molecular weight excluding hydrogens is 542 g/mol. The summed E-state index contributed by atoms with van der Waals surface area (Å²) in [7, 11) is 0. The van der Waals surface area contributed by atoms with Gasteiger partial charge in [0.2, 0.25) is 17.7 Å². The maximum atomic E-state index is 12.9. The predicted molar refractivity (Wildman–Crippen MR) is 171 cm³/mol. The standard InChI is InChI=1S/C35H57N3O5/c1-2-3-4-5-6-7-8-9-10-11-12-13-14-15-16-20-27-36-34(41)30(38-35(42)31-23-25-32(39)37-31)24-26-33(40)43-28-29-21-18-17-19-22-29/h17-19,21-22,30-31H,2-16,20,23-28H2,1H3,(H,36,41)(H,37,39)(H,38,42). The summed E-state index contributed by atoms with van der Waals surface area (Å²) >= 11 is 0. The Kier molecular flexibility index (Phi) is 19.9. The number of nitrogens with one attached hydrogen (secondary N) is 3. The Morgan fingerprint density at radius 3 is 1.93 bits per heavy atom. The average molecular weight is 600 g/mol. The third-order valence-electron chi connectivity index (χ3n) is 8.15. The molecule has 0 bridgehead atoms. The van der Waals surface area contributed by atoms with Crippen molar-refractivity contribution in [2.45, 2.75) is 154 Å². The van der Waals surface area contributed by atoms with Gasteiger partial charge in [-0.2, -0.15) is 0 Å².